The molecule has 3 nitrogen and oxygen atoms in total. The van der Waals surface area contributed by atoms with Crippen LogP contribution in [-0.2, 0) is 9.53 Å². The largest absolute Gasteiger partial charge is 0.381 e. The quantitative estimate of drug-likeness (QED) is 0.655. The number of thioether (sulfide) groups is 1. The summed E-state index contributed by atoms with van der Waals surface area (Å²) in [6.07, 6.45) is 6.19. The molecule has 1 aliphatic rings. The Morgan fingerprint density at radius 2 is 2.12 bits per heavy atom. The Morgan fingerprint density at radius 1 is 1.47 bits per heavy atom. The molecule has 0 saturated carbocycles. The summed E-state index contributed by atoms with van der Waals surface area (Å²) in [5.74, 6) is 1.14. The van der Waals surface area contributed by atoms with E-state index in [1.54, 1.807) is 0 Å². The lowest BCUT2D eigenvalue weighted by Gasteiger charge is -2.38. The first-order valence-electron chi connectivity index (χ1n) is 6.40. The average Bonchev–Trinajstić information content (AvgIpc) is 2.36. The molecule has 1 heterocycles. The van der Waals surface area contributed by atoms with Crippen LogP contribution in [0.5, 0.6) is 0 Å². The first-order valence-corrected chi connectivity index (χ1v) is 7.80. The highest BCUT2D eigenvalue weighted by atomic mass is 32.2. The van der Waals surface area contributed by atoms with Crippen molar-refractivity contribution in [2.45, 2.75) is 32.2 Å². The fraction of sp³-hybridized carbons (Fsp3) is 0.923. The maximum absolute atomic E-state index is 11.4. The Bertz CT molecular complexity index is 229. The Labute approximate surface area is 109 Å². The van der Waals surface area contributed by atoms with Gasteiger partial charge < -0.3 is 14.4 Å². The molecule has 17 heavy (non-hydrogen) atoms. The van der Waals surface area contributed by atoms with E-state index in [-0.39, 0.29) is 5.41 Å². The maximum Gasteiger partial charge on any atom is 0.127 e. The summed E-state index contributed by atoms with van der Waals surface area (Å²) in [7, 11) is 2.14. The molecule has 0 bridgehead atoms. The molecule has 0 aromatic heterocycles. The summed E-state index contributed by atoms with van der Waals surface area (Å²) < 4.78 is 5.36. The fourth-order valence-corrected chi connectivity index (χ4v) is 3.34. The summed E-state index contributed by atoms with van der Waals surface area (Å²) in [4.78, 5) is 13.8. The van der Waals surface area contributed by atoms with E-state index in [1.807, 2.05) is 11.8 Å². The van der Waals surface area contributed by atoms with E-state index >= 15 is 0 Å². The number of hydrogen-bond donors (Lipinski definition) is 0. The van der Waals surface area contributed by atoms with Gasteiger partial charge in [-0.3, -0.25) is 0 Å². The third-order valence-corrected chi connectivity index (χ3v) is 4.47. The molecule has 100 valence electrons. The monoisotopic (exact) mass is 259 g/mol. The van der Waals surface area contributed by atoms with Gasteiger partial charge in [-0.15, -0.1) is 0 Å². The van der Waals surface area contributed by atoms with Crippen molar-refractivity contribution in [1.82, 2.24) is 4.90 Å². The second-order valence-electron chi connectivity index (χ2n) is 5.03. The predicted octanol–water partition coefficient (Wildman–Crippen LogP) is 2.06. The molecular formula is C13H25NO2S. The second kappa shape index (κ2) is 7.39. The molecule has 0 aromatic carbocycles. The normalized spacial score (nSPS) is 21.4. The molecule has 1 unspecified atom stereocenters. The molecule has 1 atom stereocenters. The molecule has 0 amide bonds. The van der Waals surface area contributed by atoms with Gasteiger partial charge >= 0.3 is 0 Å². The Hall–Kier alpha value is -0.0600. The van der Waals surface area contributed by atoms with Crippen molar-refractivity contribution in [3.63, 3.8) is 0 Å². The summed E-state index contributed by atoms with van der Waals surface area (Å²) >= 11 is 1.88. The predicted molar refractivity (Wildman–Crippen MR) is 73.6 cm³/mol. The van der Waals surface area contributed by atoms with Gasteiger partial charge in [-0.05, 0) is 32.6 Å². The van der Waals surface area contributed by atoms with Crippen LogP contribution in [0.1, 0.15) is 26.2 Å². The highest BCUT2D eigenvalue weighted by molar-refractivity contribution is 7.98. The standard InChI is InChI=1S/C13H25NO2S/c1-4-12(9-17-3)14(2)10-13(11-15)5-7-16-8-6-13/h11-12H,4-10H2,1-3H3. The molecule has 1 aliphatic heterocycles. The smallest absolute Gasteiger partial charge is 0.127 e. The number of hydrogen-bond acceptors (Lipinski definition) is 4. The molecule has 1 rings (SSSR count). The molecule has 0 spiro atoms. The highest BCUT2D eigenvalue weighted by Gasteiger charge is 2.34. The lowest BCUT2D eigenvalue weighted by Crippen LogP contribution is -2.45. The first-order chi connectivity index (χ1) is 8.17. The van der Waals surface area contributed by atoms with E-state index in [2.05, 4.69) is 25.1 Å². The van der Waals surface area contributed by atoms with Crippen molar-refractivity contribution in [2.24, 2.45) is 5.41 Å². The topological polar surface area (TPSA) is 29.5 Å². The molecule has 0 aromatic rings. The zero-order valence-corrected chi connectivity index (χ0v) is 12.1. The van der Waals surface area contributed by atoms with E-state index in [0.29, 0.717) is 6.04 Å². The van der Waals surface area contributed by atoms with Crippen LogP contribution in [-0.4, -0.2) is 56.0 Å². The van der Waals surface area contributed by atoms with Crippen molar-refractivity contribution in [3.8, 4) is 0 Å². The van der Waals surface area contributed by atoms with Crippen molar-refractivity contribution < 1.29 is 9.53 Å². The number of rotatable bonds is 7. The van der Waals surface area contributed by atoms with Gasteiger partial charge in [0.1, 0.15) is 6.29 Å². The summed E-state index contributed by atoms with van der Waals surface area (Å²) in [6, 6.07) is 0.574. The van der Waals surface area contributed by atoms with Crippen LogP contribution in [0.4, 0.5) is 0 Å². The van der Waals surface area contributed by atoms with Crippen LogP contribution in [0.2, 0.25) is 0 Å². The van der Waals surface area contributed by atoms with Crippen LogP contribution in [0.15, 0.2) is 0 Å². The van der Waals surface area contributed by atoms with E-state index in [0.717, 1.165) is 51.1 Å². The third-order valence-electron chi connectivity index (χ3n) is 3.76. The third kappa shape index (κ3) is 4.27. The summed E-state index contributed by atoms with van der Waals surface area (Å²) in [6.45, 7) is 4.55. The molecule has 0 aliphatic carbocycles. The minimum atomic E-state index is -0.168. The van der Waals surface area contributed by atoms with Crippen LogP contribution in [0.25, 0.3) is 0 Å². The highest BCUT2D eigenvalue weighted by Crippen LogP contribution is 2.29. The van der Waals surface area contributed by atoms with Gasteiger partial charge in [0, 0.05) is 37.0 Å². The number of nitrogens with zero attached hydrogens (tertiary/aromatic N) is 1. The van der Waals surface area contributed by atoms with Crippen LogP contribution >= 0.6 is 11.8 Å². The molecule has 1 fully saturated rings. The van der Waals surface area contributed by atoms with Gasteiger partial charge in [-0.1, -0.05) is 6.92 Å². The van der Waals surface area contributed by atoms with Crippen LogP contribution in [0.3, 0.4) is 0 Å². The molecule has 4 heteroatoms. The van der Waals surface area contributed by atoms with Crippen molar-refractivity contribution in [3.05, 3.63) is 0 Å². The fourth-order valence-electron chi connectivity index (χ4n) is 2.47. The zero-order valence-electron chi connectivity index (χ0n) is 11.3. The van der Waals surface area contributed by atoms with E-state index in [9.17, 15) is 4.79 Å². The van der Waals surface area contributed by atoms with E-state index in [4.69, 9.17) is 4.74 Å². The minimum Gasteiger partial charge on any atom is -0.381 e. The van der Waals surface area contributed by atoms with Gasteiger partial charge in [0.05, 0.1) is 0 Å². The van der Waals surface area contributed by atoms with Gasteiger partial charge in [-0.2, -0.15) is 11.8 Å². The SMILES string of the molecule is CCC(CSC)N(C)CC1(C=O)CCOCC1. The van der Waals surface area contributed by atoms with Crippen LogP contribution in [0, 0.1) is 5.41 Å². The molecule has 0 N–H and O–H groups in total. The van der Waals surface area contributed by atoms with E-state index in [1.165, 1.54) is 0 Å². The Balaban J connectivity index is 2.56. The summed E-state index contributed by atoms with van der Waals surface area (Å²) in [5, 5.41) is 0. The van der Waals surface area contributed by atoms with Crippen LogP contribution < -0.4 is 0 Å². The molecular weight excluding hydrogens is 234 g/mol. The molecule has 0 radical (unpaired) electrons. The number of aldehydes is 1. The second-order valence-corrected chi connectivity index (χ2v) is 5.94. The van der Waals surface area contributed by atoms with Gasteiger partial charge in [-0.25, -0.2) is 0 Å². The number of carbonyl (C=O) groups excluding carboxylic acids is 1. The van der Waals surface area contributed by atoms with Gasteiger partial charge in [0.15, 0.2) is 0 Å². The van der Waals surface area contributed by atoms with Gasteiger partial charge in [0.2, 0.25) is 0 Å². The Kier molecular flexibility index (Phi) is 6.52. The summed E-state index contributed by atoms with van der Waals surface area (Å²) in [5.41, 5.74) is -0.168. The van der Waals surface area contributed by atoms with Crippen molar-refractivity contribution >= 4 is 18.0 Å². The lowest BCUT2D eigenvalue weighted by atomic mass is 9.81. The van der Waals surface area contributed by atoms with Crippen molar-refractivity contribution in [1.29, 1.82) is 0 Å². The number of ether oxygens (including phenoxy) is 1. The van der Waals surface area contributed by atoms with Crippen molar-refractivity contribution in [2.75, 3.05) is 38.8 Å². The average molecular weight is 259 g/mol. The number of carbonyl (C=O) groups is 1. The van der Waals surface area contributed by atoms with Gasteiger partial charge in [0.25, 0.3) is 0 Å². The first kappa shape index (κ1) is 15.0. The Morgan fingerprint density at radius 3 is 2.59 bits per heavy atom. The lowest BCUT2D eigenvalue weighted by molar-refractivity contribution is -0.123. The minimum absolute atomic E-state index is 0.168. The maximum atomic E-state index is 11.4. The van der Waals surface area contributed by atoms with E-state index < -0.39 is 0 Å². The molecule has 1 saturated heterocycles. The zero-order chi connectivity index (χ0) is 12.7.